The van der Waals surface area contributed by atoms with Gasteiger partial charge in [-0.15, -0.1) is 0 Å². The minimum Gasteiger partial charge on any atom is -0.436 e. The molecule has 0 aromatic heterocycles. The van der Waals surface area contributed by atoms with Gasteiger partial charge in [0.05, 0.1) is 6.04 Å². The molecule has 1 N–H and O–H groups in total. The first-order valence-corrected chi connectivity index (χ1v) is 5.59. The second-order valence-electron chi connectivity index (χ2n) is 4.73. The molecule has 1 aromatic carbocycles. The van der Waals surface area contributed by atoms with Crippen molar-refractivity contribution in [2.45, 2.75) is 32.4 Å². The zero-order chi connectivity index (χ0) is 11.8. The van der Waals surface area contributed by atoms with Gasteiger partial charge < -0.3 is 10.1 Å². The molecule has 3 heteroatoms. The summed E-state index contributed by atoms with van der Waals surface area (Å²) in [5.74, 6) is 0.330. The van der Waals surface area contributed by atoms with Crippen molar-refractivity contribution >= 4 is 6.09 Å². The molecule has 3 nitrogen and oxygen atoms in total. The Morgan fingerprint density at radius 3 is 2.50 bits per heavy atom. The predicted octanol–water partition coefficient (Wildman–Crippen LogP) is 2.67. The van der Waals surface area contributed by atoms with Crippen LogP contribution in [0.3, 0.4) is 0 Å². The molecule has 1 unspecified atom stereocenters. The zero-order valence-electron chi connectivity index (χ0n) is 9.86. The number of alkyl carbamates (subject to hydrolysis) is 1. The van der Waals surface area contributed by atoms with Crippen LogP contribution in [0.25, 0.3) is 0 Å². The van der Waals surface area contributed by atoms with Crippen molar-refractivity contribution < 1.29 is 9.53 Å². The highest BCUT2D eigenvalue weighted by Gasteiger charge is 2.47. The Labute approximate surface area is 95.8 Å². The lowest BCUT2D eigenvalue weighted by molar-refractivity contribution is 0.0395. The normalized spacial score (nSPS) is 29.0. The van der Waals surface area contributed by atoms with E-state index in [0.717, 1.165) is 5.56 Å². The highest BCUT2D eigenvalue weighted by Crippen LogP contribution is 2.36. The quantitative estimate of drug-likeness (QED) is 0.830. The van der Waals surface area contributed by atoms with Crippen molar-refractivity contribution in [1.82, 2.24) is 5.32 Å². The van der Waals surface area contributed by atoms with Crippen LogP contribution in [0.4, 0.5) is 4.79 Å². The van der Waals surface area contributed by atoms with E-state index in [1.807, 2.05) is 37.3 Å². The molecule has 1 heterocycles. The number of nitrogens with one attached hydrogen (secondary N) is 1. The molecule has 1 aromatic rings. The number of ether oxygens (including phenoxy) is 1. The summed E-state index contributed by atoms with van der Waals surface area (Å²) in [6.45, 7) is 6.13. The summed E-state index contributed by atoms with van der Waals surface area (Å²) in [4.78, 5) is 11.4. The maximum absolute atomic E-state index is 11.4. The van der Waals surface area contributed by atoms with Crippen LogP contribution in [0, 0.1) is 5.92 Å². The van der Waals surface area contributed by atoms with Gasteiger partial charge >= 0.3 is 6.09 Å². The van der Waals surface area contributed by atoms with Gasteiger partial charge in [-0.25, -0.2) is 4.79 Å². The standard InChI is InChI=1S/C13H17NO2/c1-9(2)11-13(3,16-12(15)14-11)10-7-5-4-6-8-10/h4-9,11H,1-3H3,(H,14,15)/t11-,13?/m0/s1. The number of carbonyl (C=O) groups excluding carboxylic acids is 1. The van der Waals surface area contributed by atoms with Crippen molar-refractivity contribution in [3.8, 4) is 0 Å². The van der Waals surface area contributed by atoms with Crippen LogP contribution in [-0.4, -0.2) is 12.1 Å². The summed E-state index contributed by atoms with van der Waals surface area (Å²) >= 11 is 0. The minimum absolute atomic E-state index is 0.0161. The second kappa shape index (κ2) is 3.81. The number of cyclic esters (lactones) is 1. The Bertz CT molecular complexity index is 388. The molecule has 1 aliphatic rings. The highest BCUT2D eigenvalue weighted by atomic mass is 16.6. The fraction of sp³-hybridized carbons (Fsp3) is 0.462. The van der Waals surface area contributed by atoms with Crippen molar-refractivity contribution in [1.29, 1.82) is 0 Å². The van der Waals surface area contributed by atoms with E-state index in [-0.39, 0.29) is 12.1 Å². The van der Waals surface area contributed by atoms with E-state index in [2.05, 4.69) is 19.2 Å². The molecule has 86 valence electrons. The molecular formula is C13H17NO2. The van der Waals surface area contributed by atoms with Crippen LogP contribution in [0.1, 0.15) is 26.3 Å². The molecule has 2 rings (SSSR count). The number of hydrogen-bond acceptors (Lipinski definition) is 2. The molecule has 1 amide bonds. The van der Waals surface area contributed by atoms with E-state index in [9.17, 15) is 4.79 Å². The molecule has 1 aliphatic heterocycles. The SMILES string of the molecule is CC(C)[C@@H]1NC(=O)OC1(C)c1ccccc1. The average molecular weight is 219 g/mol. The largest absolute Gasteiger partial charge is 0.436 e. The van der Waals surface area contributed by atoms with Gasteiger partial charge in [-0.05, 0) is 18.4 Å². The average Bonchev–Trinajstić information content (AvgIpc) is 2.57. The topological polar surface area (TPSA) is 38.3 Å². The highest BCUT2D eigenvalue weighted by molar-refractivity contribution is 5.71. The lowest BCUT2D eigenvalue weighted by atomic mass is 9.83. The molecular weight excluding hydrogens is 202 g/mol. The zero-order valence-corrected chi connectivity index (χ0v) is 9.86. The van der Waals surface area contributed by atoms with Gasteiger partial charge in [0, 0.05) is 0 Å². The number of amides is 1. The monoisotopic (exact) mass is 219 g/mol. The van der Waals surface area contributed by atoms with E-state index >= 15 is 0 Å². The van der Waals surface area contributed by atoms with Crippen LogP contribution in [0.5, 0.6) is 0 Å². The second-order valence-corrected chi connectivity index (χ2v) is 4.73. The van der Waals surface area contributed by atoms with Gasteiger partial charge in [0.15, 0.2) is 5.60 Å². The summed E-state index contributed by atoms with van der Waals surface area (Å²) in [5.41, 5.74) is 0.471. The third-order valence-electron chi connectivity index (χ3n) is 3.19. The van der Waals surface area contributed by atoms with Crippen LogP contribution in [-0.2, 0) is 10.3 Å². The predicted molar refractivity (Wildman–Crippen MR) is 62.0 cm³/mol. The van der Waals surface area contributed by atoms with E-state index in [1.54, 1.807) is 0 Å². The molecule has 2 atom stereocenters. The number of rotatable bonds is 2. The van der Waals surface area contributed by atoms with Crippen molar-refractivity contribution in [2.24, 2.45) is 5.92 Å². The Balaban J connectivity index is 2.39. The van der Waals surface area contributed by atoms with Crippen LogP contribution in [0.15, 0.2) is 30.3 Å². The smallest absolute Gasteiger partial charge is 0.408 e. The summed E-state index contributed by atoms with van der Waals surface area (Å²) in [6, 6.07) is 9.89. The third-order valence-corrected chi connectivity index (χ3v) is 3.19. The van der Waals surface area contributed by atoms with Gasteiger partial charge in [-0.2, -0.15) is 0 Å². The van der Waals surface area contributed by atoms with E-state index < -0.39 is 5.60 Å². The lowest BCUT2D eigenvalue weighted by Gasteiger charge is -2.31. The van der Waals surface area contributed by atoms with E-state index in [0.29, 0.717) is 5.92 Å². The summed E-state index contributed by atoms with van der Waals surface area (Å²) in [7, 11) is 0. The van der Waals surface area contributed by atoms with Gasteiger partial charge in [0.1, 0.15) is 0 Å². The van der Waals surface area contributed by atoms with E-state index in [4.69, 9.17) is 4.74 Å². The molecule has 0 spiro atoms. The molecule has 1 fully saturated rings. The maximum atomic E-state index is 11.4. The summed E-state index contributed by atoms with van der Waals surface area (Å²) in [6.07, 6.45) is -0.329. The lowest BCUT2D eigenvalue weighted by Crippen LogP contribution is -2.42. The van der Waals surface area contributed by atoms with Gasteiger partial charge in [-0.1, -0.05) is 44.2 Å². The van der Waals surface area contributed by atoms with Gasteiger partial charge in [0.25, 0.3) is 0 Å². The van der Waals surface area contributed by atoms with Gasteiger partial charge in [0.2, 0.25) is 0 Å². The maximum Gasteiger partial charge on any atom is 0.408 e. The first kappa shape index (κ1) is 11.0. The number of benzene rings is 1. The Kier molecular flexibility index (Phi) is 2.62. The third kappa shape index (κ3) is 1.66. The summed E-state index contributed by atoms with van der Waals surface area (Å²) < 4.78 is 5.46. The first-order chi connectivity index (χ1) is 7.54. The molecule has 16 heavy (non-hydrogen) atoms. The molecule has 0 radical (unpaired) electrons. The van der Waals surface area contributed by atoms with Crippen LogP contribution >= 0.6 is 0 Å². The first-order valence-electron chi connectivity index (χ1n) is 5.59. The molecule has 1 saturated heterocycles. The molecule has 0 aliphatic carbocycles. The van der Waals surface area contributed by atoms with Crippen molar-refractivity contribution in [2.75, 3.05) is 0 Å². The Hall–Kier alpha value is -1.51. The minimum atomic E-state index is -0.563. The van der Waals surface area contributed by atoms with Crippen molar-refractivity contribution in [3.05, 3.63) is 35.9 Å². The molecule has 0 saturated carbocycles. The van der Waals surface area contributed by atoms with E-state index in [1.165, 1.54) is 0 Å². The number of carbonyl (C=O) groups is 1. The Morgan fingerprint density at radius 2 is 1.94 bits per heavy atom. The number of hydrogen-bond donors (Lipinski definition) is 1. The fourth-order valence-electron chi connectivity index (χ4n) is 2.36. The fourth-order valence-corrected chi connectivity index (χ4v) is 2.36. The Morgan fingerprint density at radius 1 is 1.31 bits per heavy atom. The van der Waals surface area contributed by atoms with Gasteiger partial charge in [-0.3, -0.25) is 0 Å². The van der Waals surface area contributed by atoms with Crippen LogP contribution < -0.4 is 5.32 Å². The molecule has 0 bridgehead atoms. The van der Waals surface area contributed by atoms with Crippen LogP contribution in [0.2, 0.25) is 0 Å². The summed E-state index contributed by atoms with van der Waals surface area (Å²) in [5, 5.41) is 2.88. The van der Waals surface area contributed by atoms with Crippen molar-refractivity contribution in [3.63, 3.8) is 0 Å².